The molecule has 0 saturated heterocycles. The van der Waals surface area contributed by atoms with Gasteiger partial charge < -0.3 is 0 Å². The van der Waals surface area contributed by atoms with Gasteiger partial charge in [-0.15, -0.1) is 6.58 Å². The molecule has 0 nitrogen and oxygen atoms in total. The zero-order valence-corrected chi connectivity index (χ0v) is 21.4. The predicted octanol–water partition coefficient (Wildman–Crippen LogP) is 10.6. The summed E-state index contributed by atoms with van der Waals surface area (Å²) in [5, 5.41) is 0. The Morgan fingerprint density at radius 3 is 1.23 bits per heavy atom. The predicted molar refractivity (Wildman–Crippen MR) is 140 cm³/mol. The van der Waals surface area contributed by atoms with Gasteiger partial charge in [-0.3, -0.25) is 0 Å². The maximum absolute atomic E-state index is 3.98. The first-order valence-electron chi connectivity index (χ1n) is 12.1. The van der Waals surface area contributed by atoms with Crippen molar-refractivity contribution in [1.82, 2.24) is 0 Å². The Labute approximate surface area is 189 Å². The molecule has 0 heteroatoms. The van der Waals surface area contributed by atoms with Gasteiger partial charge in [0.1, 0.15) is 0 Å². The Kier molecular flexibility index (Phi) is 17.3. The molecule has 0 fully saturated rings. The Morgan fingerprint density at radius 2 is 0.833 bits per heavy atom. The second kappa shape index (κ2) is 18.2. The molecular weight excluding hydrogens is 360 g/mol. The van der Waals surface area contributed by atoms with E-state index in [-0.39, 0.29) is 0 Å². The largest absolute Gasteiger partial charge is 0.100 e. The third-order valence-corrected chi connectivity index (χ3v) is 5.48. The van der Waals surface area contributed by atoms with Crippen LogP contribution in [-0.2, 0) is 0 Å². The van der Waals surface area contributed by atoms with Gasteiger partial charge in [0.25, 0.3) is 0 Å². The van der Waals surface area contributed by atoms with E-state index >= 15 is 0 Å². The fourth-order valence-electron chi connectivity index (χ4n) is 3.42. The molecule has 0 bridgehead atoms. The van der Waals surface area contributed by atoms with Crippen molar-refractivity contribution in [1.29, 1.82) is 0 Å². The molecule has 0 aromatic heterocycles. The van der Waals surface area contributed by atoms with Crippen molar-refractivity contribution in [2.24, 2.45) is 0 Å². The lowest BCUT2D eigenvalue weighted by Gasteiger charge is -2.03. The highest BCUT2D eigenvalue weighted by Crippen LogP contribution is 2.15. The SMILES string of the molecule is C=C(C)CCC/C(C)=C\CC/C(C)=C/CC/C=C(\C)CC/C=C(\C)CCC=C(C)C. The van der Waals surface area contributed by atoms with Crippen LogP contribution in [0.25, 0.3) is 0 Å². The molecular formula is C30H50. The van der Waals surface area contributed by atoms with E-state index in [1.165, 1.54) is 97.6 Å². The average molecular weight is 411 g/mol. The van der Waals surface area contributed by atoms with Gasteiger partial charge in [-0.2, -0.15) is 0 Å². The fraction of sp³-hybridized carbons (Fsp3) is 0.600. The molecule has 0 atom stereocenters. The number of hydrogen-bond donors (Lipinski definition) is 0. The quantitative estimate of drug-likeness (QED) is 0.175. The zero-order chi connectivity index (χ0) is 22.8. The third kappa shape index (κ3) is 19.7. The van der Waals surface area contributed by atoms with Gasteiger partial charge in [-0.1, -0.05) is 63.8 Å². The molecule has 0 amide bonds. The standard InChI is InChI=1S/C30H50/c1-25(2)15-11-19-29(7)23-13-21-27(5)17-9-10-18-28(6)22-14-24-30(8)20-12-16-26(3)4/h16-18,23-24H,1,9-15,19-22H2,2-8H3/b27-17+,28-18+,29-23-,30-24+. The van der Waals surface area contributed by atoms with E-state index in [0.29, 0.717) is 0 Å². The highest BCUT2D eigenvalue weighted by Gasteiger charge is 1.95. The van der Waals surface area contributed by atoms with E-state index in [4.69, 9.17) is 0 Å². The number of allylic oxidation sites excluding steroid dienone is 11. The molecule has 0 radical (unpaired) electrons. The third-order valence-electron chi connectivity index (χ3n) is 5.48. The zero-order valence-electron chi connectivity index (χ0n) is 21.4. The fourth-order valence-corrected chi connectivity index (χ4v) is 3.42. The van der Waals surface area contributed by atoms with Crippen LogP contribution in [0.1, 0.15) is 119 Å². The summed E-state index contributed by atoms with van der Waals surface area (Å²) < 4.78 is 0. The highest BCUT2D eigenvalue weighted by molar-refractivity contribution is 5.07. The van der Waals surface area contributed by atoms with Crippen LogP contribution < -0.4 is 0 Å². The van der Waals surface area contributed by atoms with Crippen LogP contribution in [0.15, 0.2) is 70.4 Å². The number of rotatable bonds is 16. The topological polar surface area (TPSA) is 0 Å². The summed E-state index contributed by atoms with van der Waals surface area (Å²) in [4.78, 5) is 0. The molecule has 0 aromatic carbocycles. The van der Waals surface area contributed by atoms with Crippen molar-refractivity contribution >= 4 is 0 Å². The summed E-state index contributed by atoms with van der Waals surface area (Å²) in [6, 6.07) is 0. The van der Waals surface area contributed by atoms with Crippen molar-refractivity contribution < 1.29 is 0 Å². The van der Waals surface area contributed by atoms with Crippen LogP contribution in [0, 0.1) is 0 Å². The lowest BCUT2D eigenvalue weighted by atomic mass is 10.0. The Balaban J connectivity index is 4.02. The van der Waals surface area contributed by atoms with Gasteiger partial charge in [0.15, 0.2) is 0 Å². The summed E-state index contributed by atoms with van der Waals surface area (Å²) in [5.74, 6) is 0. The highest BCUT2D eigenvalue weighted by atomic mass is 14.0. The Morgan fingerprint density at radius 1 is 0.467 bits per heavy atom. The molecule has 170 valence electrons. The van der Waals surface area contributed by atoms with Gasteiger partial charge >= 0.3 is 0 Å². The van der Waals surface area contributed by atoms with Crippen molar-refractivity contribution in [3.05, 3.63) is 70.4 Å². The minimum atomic E-state index is 1.16. The second-order valence-corrected chi connectivity index (χ2v) is 9.49. The summed E-state index contributed by atoms with van der Waals surface area (Å²) in [5.41, 5.74) is 8.84. The van der Waals surface area contributed by atoms with Crippen molar-refractivity contribution in [2.75, 3.05) is 0 Å². The van der Waals surface area contributed by atoms with Crippen LogP contribution >= 0.6 is 0 Å². The van der Waals surface area contributed by atoms with Gasteiger partial charge in [0.05, 0.1) is 0 Å². The van der Waals surface area contributed by atoms with Gasteiger partial charge in [0.2, 0.25) is 0 Å². The van der Waals surface area contributed by atoms with Crippen molar-refractivity contribution in [3.63, 3.8) is 0 Å². The first-order valence-corrected chi connectivity index (χ1v) is 12.1. The van der Waals surface area contributed by atoms with E-state index in [1.54, 1.807) is 0 Å². The van der Waals surface area contributed by atoms with E-state index in [9.17, 15) is 0 Å². The maximum atomic E-state index is 3.98. The molecule has 0 N–H and O–H groups in total. The molecule has 0 spiro atoms. The van der Waals surface area contributed by atoms with E-state index < -0.39 is 0 Å². The molecule has 0 aliphatic rings. The van der Waals surface area contributed by atoms with Crippen LogP contribution in [-0.4, -0.2) is 0 Å². The van der Waals surface area contributed by atoms with Crippen LogP contribution in [0.2, 0.25) is 0 Å². The molecule has 30 heavy (non-hydrogen) atoms. The van der Waals surface area contributed by atoms with Gasteiger partial charge in [-0.25, -0.2) is 0 Å². The minimum Gasteiger partial charge on any atom is -0.100 e. The van der Waals surface area contributed by atoms with E-state index in [2.05, 4.69) is 85.4 Å². The van der Waals surface area contributed by atoms with Crippen molar-refractivity contribution in [2.45, 2.75) is 119 Å². The second-order valence-electron chi connectivity index (χ2n) is 9.49. The first-order chi connectivity index (χ1) is 14.2. The molecule has 0 rings (SSSR count). The molecule has 0 saturated carbocycles. The Bertz CT molecular complexity index is 627. The Hall–Kier alpha value is -1.56. The maximum Gasteiger partial charge on any atom is -0.0288 e. The minimum absolute atomic E-state index is 1.16. The van der Waals surface area contributed by atoms with E-state index in [1.807, 2.05) is 0 Å². The first kappa shape index (κ1) is 28.4. The van der Waals surface area contributed by atoms with Crippen LogP contribution in [0.5, 0.6) is 0 Å². The van der Waals surface area contributed by atoms with E-state index in [0.717, 1.165) is 6.42 Å². The summed E-state index contributed by atoms with van der Waals surface area (Å²) >= 11 is 0. The number of unbranched alkanes of at least 4 members (excludes halogenated alkanes) is 1. The van der Waals surface area contributed by atoms with Crippen LogP contribution in [0.3, 0.4) is 0 Å². The average Bonchev–Trinajstić information content (AvgIpc) is 2.64. The van der Waals surface area contributed by atoms with Gasteiger partial charge in [0, 0.05) is 0 Å². The molecule has 0 aliphatic carbocycles. The normalized spacial score (nSPS) is 13.6. The summed E-state index contributed by atoms with van der Waals surface area (Å²) in [7, 11) is 0. The monoisotopic (exact) mass is 410 g/mol. The molecule has 0 heterocycles. The summed E-state index contributed by atoms with van der Waals surface area (Å²) in [6.07, 6.45) is 25.1. The van der Waals surface area contributed by atoms with Crippen LogP contribution in [0.4, 0.5) is 0 Å². The van der Waals surface area contributed by atoms with Crippen molar-refractivity contribution in [3.8, 4) is 0 Å². The molecule has 0 aliphatic heterocycles. The van der Waals surface area contributed by atoms with Gasteiger partial charge in [-0.05, 0) is 119 Å². The molecule has 0 unspecified atom stereocenters. The molecule has 0 aromatic rings. The lowest BCUT2D eigenvalue weighted by Crippen LogP contribution is -1.83. The summed E-state index contributed by atoms with van der Waals surface area (Å²) in [6.45, 7) is 19.6. The smallest absolute Gasteiger partial charge is 0.0288 e. The lowest BCUT2D eigenvalue weighted by molar-refractivity contribution is 0.798. The number of hydrogen-bond acceptors (Lipinski definition) is 0.